The predicted octanol–water partition coefficient (Wildman–Crippen LogP) is 3.30. The Hall–Kier alpha value is -1.61. The van der Waals surface area contributed by atoms with Crippen LogP contribution in [0.5, 0.6) is 0 Å². The first-order valence-electron chi connectivity index (χ1n) is 6.35. The van der Waals surface area contributed by atoms with Crippen molar-refractivity contribution in [1.29, 1.82) is 0 Å². The minimum absolute atomic E-state index is 0.0804. The minimum Gasteiger partial charge on any atom is -0.464 e. The lowest BCUT2D eigenvalue weighted by Gasteiger charge is -2.18. The second-order valence-electron chi connectivity index (χ2n) is 4.57. The first-order valence-corrected chi connectivity index (χ1v) is 6.35. The topological polar surface area (TPSA) is 38.1 Å². The van der Waals surface area contributed by atoms with Crippen molar-refractivity contribution >= 4 is 0 Å². The Kier molecular flexibility index (Phi) is 3.82. The standard InChI is InChI=1S/C15H20N2O/c1-5-16-15(14-9-7-11(3)18-14)13-8-6-10(2)17-12(13)4/h6-9,15-16H,5H2,1-4H3. The van der Waals surface area contributed by atoms with E-state index in [4.69, 9.17) is 4.42 Å². The highest BCUT2D eigenvalue weighted by Gasteiger charge is 2.18. The highest BCUT2D eigenvalue weighted by atomic mass is 16.3. The van der Waals surface area contributed by atoms with Crippen LogP contribution in [0, 0.1) is 20.8 Å². The van der Waals surface area contributed by atoms with Crippen molar-refractivity contribution in [3.8, 4) is 0 Å². The Balaban J connectivity index is 2.41. The zero-order valence-electron chi connectivity index (χ0n) is 11.4. The summed E-state index contributed by atoms with van der Waals surface area (Å²) in [7, 11) is 0. The maximum absolute atomic E-state index is 5.75. The van der Waals surface area contributed by atoms with Gasteiger partial charge in [-0.05, 0) is 51.1 Å². The molecular formula is C15H20N2O. The Morgan fingerprint density at radius 1 is 1.17 bits per heavy atom. The van der Waals surface area contributed by atoms with E-state index in [1.807, 2.05) is 39.0 Å². The van der Waals surface area contributed by atoms with E-state index in [0.717, 1.165) is 29.5 Å². The summed E-state index contributed by atoms with van der Waals surface area (Å²) >= 11 is 0. The molecule has 0 aromatic carbocycles. The van der Waals surface area contributed by atoms with E-state index in [0.29, 0.717) is 0 Å². The molecular weight excluding hydrogens is 224 g/mol. The van der Waals surface area contributed by atoms with Crippen LogP contribution in [0.1, 0.15) is 41.4 Å². The molecule has 0 amide bonds. The molecule has 1 N–H and O–H groups in total. The summed E-state index contributed by atoms with van der Waals surface area (Å²) in [6.07, 6.45) is 0. The van der Waals surface area contributed by atoms with Crippen LogP contribution in [0.3, 0.4) is 0 Å². The fraction of sp³-hybridized carbons (Fsp3) is 0.400. The molecule has 2 aromatic heterocycles. The van der Waals surface area contributed by atoms with Gasteiger partial charge in [0.2, 0.25) is 0 Å². The number of hydrogen-bond acceptors (Lipinski definition) is 3. The third-order valence-electron chi connectivity index (χ3n) is 3.03. The largest absolute Gasteiger partial charge is 0.464 e. The second-order valence-corrected chi connectivity index (χ2v) is 4.57. The van der Waals surface area contributed by atoms with Crippen molar-refractivity contribution in [2.75, 3.05) is 6.54 Å². The Morgan fingerprint density at radius 2 is 1.94 bits per heavy atom. The number of furan rings is 1. The van der Waals surface area contributed by atoms with Crippen LogP contribution in [-0.2, 0) is 0 Å². The van der Waals surface area contributed by atoms with Gasteiger partial charge in [0, 0.05) is 11.4 Å². The number of pyridine rings is 1. The SMILES string of the molecule is CCNC(c1ccc(C)o1)c1ccc(C)nc1C. The summed E-state index contributed by atoms with van der Waals surface area (Å²) < 4.78 is 5.75. The van der Waals surface area contributed by atoms with Crippen molar-refractivity contribution in [3.63, 3.8) is 0 Å². The van der Waals surface area contributed by atoms with E-state index in [1.54, 1.807) is 0 Å². The van der Waals surface area contributed by atoms with Crippen LogP contribution >= 0.6 is 0 Å². The Bertz CT molecular complexity index is 531. The number of nitrogens with one attached hydrogen (secondary N) is 1. The summed E-state index contributed by atoms with van der Waals surface area (Å²) in [5.41, 5.74) is 3.27. The monoisotopic (exact) mass is 244 g/mol. The normalized spacial score (nSPS) is 12.7. The molecule has 2 heterocycles. The average Bonchev–Trinajstić information content (AvgIpc) is 2.73. The van der Waals surface area contributed by atoms with Gasteiger partial charge in [-0.1, -0.05) is 13.0 Å². The summed E-state index contributed by atoms with van der Waals surface area (Å²) in [6.45, 7) is 9.00. The van der Waals surface area contributed by atoms with Gasteiger partial charge in [-0.25, -0.2) is 0 Å². The first kappa shape index (κ1) is 12.8. The highest BCUT2D eigenvalue weighted by molar-refractivity contribution is 5.31. The molecule has 0 bridgehead atoms. The van der Waals surface area contributed by atoms with E-state index in [9.17, 15) is 0 Å². The predicted molar refractivity (Wildman–Crippen MR) is 72.7 cm³/mol. The van der Waals surface area contributed by atoms with Gasteiger partial charge in [-0.2, -0.15) is 0 Å². The maximum atomic E-state index is 5.75. The molecule has 0 fully saturated rings. The molecule has 18 heavy (non-hydrogen) atoms. The van der Waals surface area contributed by atoms with E-state index in [1.165, 1.54) is 5.56 Å². The molecule has 96 valence electrons. The van der Waals surface area contributed by atoms with Crippen LogP contribution in [0.15, 0.2) is 28.7 Å². The van der Waals surface area contributed by atoms with Gasteiger partial charge in [0.1, 0.15) is 11.5 Å². The lowest BCUT2D eigenvalue weighted by Crippen LogP contribution is -2.22. The number of aromatic nitrogens is 1. The summed E-state index contributed by atoms with van der Waals surface area (Å²) in [6, 6.07) is 8.28. The van der Waals surface area contributed by atoms with Gasteiger partial charge >= 0.3 is 0 Å². The van der Waals surface area contributed by atoms with Crippen molar-refractivity contribution in [1.82, 2.24) is 10.3 Å². The van der Waals surface area contributed by atoms with Crippen molar-refractivity contribution in [2.24, 2.45) is 0 Å². The van der Waals surface area contributed by atoms with E-state index < -0.39 is 0 Å². The van der Waals surface area contributed by atoms with Gasteiger partial charge < -0.3 is 9.73 Å². The number of aryl methyl sites for hydroxylation is 3. The van der Waals surface area contributed by atoms with Gasteiger partial charge in [-0.3, -0.25) is 4.98 Å². The summed E-state index contributed by atoms with van der Waals surface area (Å²) in [5, 5.41) is 3.46. The lowest BCUT2D eigenvalue weighted by atomic mass is 10.0. The van der Waals surface area contributed by atoms with Gasteiger partial charge in [0.25, 0.3) is 0 Å². The van der Waals surface area contributed by atoms with E-state index in [-0.39, 0.29) is 6.04 Å². The third kappa shape index (κ3) is 2.62. The molecule has 0 saturated heterocycles. The van der Waals surface area contributed by atoms with Crippen LogP contribution in [0.4, 0.5) is 0 Å². The number of nitrogens with zero attached hydrogens (tertiary/aromatic N) is 1. The molecule has 0 aliphatic carbocycles. The zero-order chi connectivity index (χ0) is 13.1. The van der Waals surface area contributed by atoms with Crippen molar-refractivity contribution in [3.05, 3.63) is 52.7 Å². The molecule has 0 aliphatic rings. The van der Waals surface area contributed by atoms with Gasteiger partial charge in [0.15, 0.2) is 0 Å². The second kappa shape index (κ2) is 5.36. The Morgan fingerprint density at radius 3 is 2.50 bits per heavy atom. The molecule has 1 atom stereocenters. The number of hydrogen-bond donors (Lipinski definition) is 1. The molecule has 2 aromatic rings. The quantitative estimate of drug-likeness (QED) is 0.896. The average molecular weight is 244 g/mol. The fourth-order valence-electron chi connectivity index (χ4n) is 2.18. The summed E-state index contributed by atoms with van der Waals surface area (Å²) in [5.74, 6) is 1.88. The van der Waals surface area contributed by atoms with Gasteiger partial charge in [0.05, 0.1) is 6.04 Å². The van der Waals surface area contributed by atoms with Crippen LogP contribution < -0.4 is 5.32 Å². The molecule has 0 radical (unpaired) electrons. The molecule has 0 aliphatic heterocycles. The van der Waals surface area contributed by atoms with Crippen molar-refractivity contribution in [2.45, 2.75) is 33.7 Å². The van der Waals surface area contributed by atoms with E-state index >= 15 is 0 Å². The molecule has 0 spiro atoms. The smallest absolute Gasteiger partial charge is 0.125 e. The molecule has 2 rings (SSSR count). The fourth-order valence-corrected chi connectivity index (χ4v) is 2.18. The summed E-state index contributed by atoms with van der Waals surface area (Å²) in [4.78, 5) is 4.53. The van der Waals surface area contributed by atoms with Gasteiger partial charge in [-0.15, -0.1) is 0 Å². The molecule has 3 heteroatoms. The van der Waals surface area contributed by atoms with Crippen LogP contribution in [0.2, 0.25) is 0 Å². The van der Waals surface area contributed by atoms with E-state index in [2.05, 4.69) is 23.3 Å². The highest BCUT2D eigenvalue weighted by Crippen LogP contribution is 2.25. The molecule has 1 unspecified atom stereocenters. The maximum Gasteiger partial charge on any atom is 0.125 e. The lowest BCUT2D eigenvalue weighted by molar-refractivity contribution is 0.433. The first-order chi connectivity index (χ1) is 8.61. The minimum atomic E-state index is 0.0804. The molecule has 0 saturated carbocycles. The van der Waals surface area contributed by atoms with Crippen molar-refractivity contribution < 1.29 is 4.42 Å². The number of rotatable bonds is 4. The van der Waals surface area contributed by atoms with Crippen LogP contribution in [0.25, 0.3) is 0 Å². The Labute approximate surface area is 108 Å². The third-order valence-corrected chi connectivity index (χ3v) is 3.03. The zero-order valence-corrected chi connectivity index (χ0v) is 11.4. The molecule has 3 nitrogen and oxygen atoms in total. The van der Waals surface area contributed by atoms with Crippen LogP contribution in [-0.4, -0.2) is 11.5 Å².